The summed E-state index contributed by atoms with van der Waals surface area (Å²) in [5.74, 6) is -0.853. The van der Waals surface area contributed by atoms with Crippen LogP contribution in [-0.4, -0.2) is 58.9 Å². The molecule has 1 amide bonds. The van der Waals surface area contributed by atoms with Crippen LogP contribution in [0.1, 0.15) is 81.4 Å². The Hall–Kier alpha value is -1.52. The molecule has 0 spiro atoms. The normalized spacial score (nSPS) is 8.93. The third-order valence-electron chi connectivity index (χ3n) is 4.08. The Balaban J connectivity index is -0.0000000437. The van der Waals surface area contributed by atoms with Gasteiger partial charge in [-0.25, -0.2) is 26.3 Å². The molecular formula is C28H61BClI2N4O8S2-. The number of carbonyl (C=O) groups is 3. The molecule has 18 heteroatoms. The fraction of sp³-hybridized carbons (Fsp3) is 0.464. The molecule has 0 saturated heterocycles. The van der Waals surface area contributed by atoms with Gasteiger partial charge in [0.2, 0.25) is 31.2 Å². The fourth-order valence-electron chi connectivity index (χ4n) is 1.85. The van der Waals surface area contributed by atoms with E-state index in [1.807, 2.05) is 0 Å². The first-order chi connectivity index (χ1) is 19.0. The summed E-state index contributed by atoms with van der Waals surface area (Å²) in [7, 11) is -4.02. The van der Waals surface area contributed by atoms with Crippen molar-refractivity contribution in [3.63, 3.8) is 0 Å². The van der Waals surface area contributed by atoms with Crippen LogP contribution in [0.2, 0.25) is 0 Å². The number of nitrogens with one attached hydrogen (secondary N) is 3. The van der Waals surface area contributed by atoms with E-state index in [1.54, 1.807) is 45.0 Å². The molecule has 278 valence electrons. The van der Waals surface area contributed by atoms with E-state index in [0.717, 1.165) is 0 Å². The van der Waals surface area contributed by atoms with Gasteiger partial charge in [0, 0.05) is 34.9 Å². The molecule has 0 aromatic heterocycles. The Morgan fingerprint density at radius 3 is 1.30 bits per heavy atom. The number of sulfonamides is 2. The van der Waals surface area contributed by atoms with E-state index in [9.17, 15) is 31.2 Å². The zero-order valence-corrected chi connectivity index (χ0v) is 29.9. The van der Waals surface area contributed by atoms with E-state index in [2.05, 4.69) is 33.4 Å². The molecule has 0 heterocycles. The molecule has 0 atom stereocenters. The van der Waals surface area contributed by atoms with Crippen molar-refractivity contribution in [1.29, 1.82) is 0 Å². The summed E-state index contributed by atoms with van der Waals surface area (Å²) in [5.41, 5.74) is 11.5. The quantitative estimate of drug-likeness (QED) is 0.111. The van der Waals surface area contributed by atoms with Crippen molar-refractivity contribution < 1.29 is 57.6 Å². The molecule has 46 heavy (non-hydrogen) atoms. The molecule has 2 aromatic rings. The van der Waals surface area contributed by atoms with Crippen molar-refractivity contribution in [3.05, 3.63) is 48.5 Å². The molecule has 6 N–H and O–H groups in total. The molecule has 0 aliphatic carbocycles. The monoisotopic (exact) mass is 951 g/mol. The number of carbonyl (C=O) groups excluding carboxylic acids is 2. The second-order valence-electron chi connectivity index (χ2n) is 6.95. The summed E-state index contributed by atoms with van der Waals surface area (Å²) in [5, 5.41) is 10.1. The zero-order chi connectivity index (χ0) is 32.6. The third kappa shape index (κ3) is 33.8. The molecular weight excluding hydrogens is 885 g/mol. The maximum atomic E-state index is 11.4. The number of carboxylic acids is 1. The van der Waals surface area contributed by atoms with Gasteiger partial charge in [-0.05, 0) is 74.2 Å². The Labute approximate surface area is 309 Å². The number of rotatable bonds is 8. The van der Waals surface area contributed by atoms with Crippen molar-refractivity contribution in [3.8, 4) is 0 Å². The van der Waals surface area contributed by atoms with Gasteiger partial charge in [0.1, 0.15) is 0 Å². The Kier molecular flexibility index (Phi) is 49.9. The average molecular weight is 952 g/mol. The van der Waals surface area contributed by atoms with Gasteiger partial charge in [-0.1, -0.05) is 57.9 Å². The molecule has 2 rings (SSSR count). The van der Waals surface area contributed by atoms with Gasteiger partial charge >= 0.3 is 47.3 Å². The van der Waals surface area contributed by atoms with Crippen LogP contribution in [0.15, 0.2) is 58.3 Å². The maximum absolute atomic E-state index is 11.4. The van der Waals surface area contributed by atoms with E-state index in [-0.39, 0.29) is 85.8 Å². The number of anilines is 2. The average Bonchev–Trinajstić information content (AvgIpc) is 2.94. The van der Waals surface area contributed by atoms with Crippen molar-refractivity contribution in [1.82, 2.24) is 9.44 Å². The van der Waals surface area contributed by atoms with E-state index >= 15 is 0 Å². The van der Waals surface area contributed by atoms with Crippen LogP contribution < -0.4 is 37.5 Å². The first kappa shape index (κ1) is 63.2. The second kappa shape index (κ2) is 36.3. The molecule has 12 nitrogen and oxygen atoms in total. The standard InChI is InChI=1S/C10H14N2O3S.C7H10N2O2S.C3H5ClO.C3H6O2.5CH4.BI2.3H2/c1-3-10(13)12-8-4-6-9(7-5-8)16(14,15)11-2;1-9-12(10,11)7-4-2-6(8)3-5-7;2*1-2-3(4)5;;;;;;1-3-2;;;/h4-7,11H,3H2,1-2H3,(H,12,13);2-5,9H,8H2,1H3;2H2,1H3;2H2,1H3,(H,4,5);5*1H4;;3*1H/q;;;;;;;;;-1;;;/i;;;;;;;;;;3*1+2. The molecule has 2 aromatic carbocycles. The topological polar surface area (TPSA) is 202 Å². The second-order valence-corrected chi connectivity index (χ2v) is 14.8. The number of hydrogen-bond acceptors (Lipinski definition) is 8. The zero-order valence-electron chi connectivity index (χ0n) is 23.2. The number of hydrogen-bond donors (Lipinski definition) is 5. The summed E-state index contributed by atoms with van der Waals surface area (Å²) in [6.45, 7) is 5.06. The van der Waals surface area contributed by atoms with E-state index in [1.165, 1.54) is 38.4 Å². The molecule has 2 radical (unpaired) electrons. The minimum absolute atomic E-state index is 0. The van der Waals surface area contributed by atoms with Crippen LogP contribution in [0, 0.1) is 0 Å². The van der Waals surface area contributed by atoms with Gasteiger partial charge in [-0.3, -0.25) is 14.4 Å². The van der Waals surface area contributed by atoms with Gasteiger partial charge < -0.3 is 16.2 Å². The van der Waals surface area contributed by atoms with E-state index in [0.29, 0.717) is 24.2 Å². The van der Waals surface area contributed by atoms with Gasteiger partial charge in [-0.2, -0.15) is 0 Å². The summed E-state index contributed by atoms with van der Waals surface area (Å²) >= 11 is 7.06. The van der Waals surface area contributed by atoms with Crippen LogP contribution in [0.25, 0.3) is 0 Å². The molecule has 0 aliphatic rings. The number of carboxylic acid groups (broad SMARTS) is 1. The van der Waals surface area contributed by atoms with E-state index in [4.69, 9.17) is 28.1 Å². The van der Waals surface area contributed by atoms with Crippen molar-refractivity contribution >= 4 is 84.5 Å². The Morgan fingerprint density at radius 1 is 0.804 bits per heavy atom. The first-order valence-corrected chi connectivity index (χ1v) is 22.4. The molecule has 0 aliphatic heterocycles. The van der Waals surface area contributed by atoms with Gasteiger partial charge in [0.15, 0.2) is 0 Å². The van der Waals surface area contributed by atoms with Gasteiger partial charge in [0.25, 0.3) is 0 Å². The van der Waals surface area contributed by atoms with Gasteiger partial charge in [-0.15, -0.1) is 0 Å². The van der Waals surface area contributed by atoms with Crippen molar-refractivity contribution in [2.24, 2.45) is 0 Å². The molecule has 0 unspecified atom stereocenters. The summed E-state index contributed by atoms with van der Waals surface area (Å²) < 4.78 is 49.5. The summed E-state index contributed by atoms with van der Waals surface area (Å²) in [4.78, 5) is 30.4. The number of benzene rings is 2. The number of amides is 1. The number of nitrogens with two attached hydrogens (primary N) is 1. The molecule has 0 fully saturated rings. The molecule has 0 bridgehead atoms. The predicted octanol–water partition coefficient (Wildman–Crippen LogP) is 4.19. The van der Waals surface area contributed by atoms with Crippen LogP contribution in [0.3, 0.4) is 0 Å². The number of halogens is 3. The Bertz CT molecular complexity index is 1260. The molecule has 0 saturated carbocycles. The van der Waals surface area contributed by atoms with Crippen LogP contribution in [0.5, 0.6) is 0 Å². The SMILES string of the molecule is C.C.C.C.C.CCC(=O)Cl.CCC(=O)Nc1ccc(S(=O)(=O)NC)cc1.CCC(=O)O.CNS(=O)(=O)c1ccc(N)cc1.[3HH].[3HH].[3HH].[B][I-]I. The van der Waals surface area contributed by atoms with Crippen LogP contribution in [-0.2, 0) is 34.4 Å². The Morgan fingerprint density at radius 2 is 1.09 bits per heavy atom. The van der Waals surface area contributed by atoms with Crippen LogP contribution >= 0.6 is 30.2 Å². The van der Waals surface area contributed by atoms with Crippen LogP contribution in [0.4, 0.5) is 11.4 Å². The van der Waals surface area contributed by atoms with Crippen molar-refractivity contribution in [2.45, 2.75) is 87.0 Å². The number of nitrogen functional groups attached to an aromatic ring is 1. The van der Waals surface area contributed by atoms with Crippen molar-refractivity contribution in [2.75, 3.05) is 25.1 Å². The van der Waals surface area contributed by atoms with Gasteiger partial charge in [0.05, 0.1) is 9.79 Å². The first-order valence-electron chi connectivity index (χ1n) is 11.5. The fourth-order valence-corrected chi connectivity index (χ4v) is 3.31. The summed E-state index contributed by atoms with van der Waals surface area (Å²) in [6.07, 6.45) is 1.04. The van der Waals surface area contributed by atoms with E-state index < -0.39 is 26.0 Å². The summed E-state index contributed by atoms with van der Waals surface area (Å²) in [6, 6.07) is 12.0. The third-order valence-corrected chi connectivity index (χ3v) is 7.21. The number of aliphatic carboxylic acids is 1. The predicted molar refractivity (Wildman–Crippen MR) is 208 cm³/mol. The minimum atomic E-state index is -3.41.